The molecule has 0 aliphatic carbocycles. The van der Waals surface area contributed by atoms with E-state index in [0.29, 0.717) is 31.8 Å². The zero-order chi connectivity index (χ0) is 23.3. The van der Waals surface area contributed by atoms with Gasteiger partial charge in [0.15, 0.2) is 0 Å². The Hall–Kier alpha value is -2.10. The molecule has 0 bridgehead atoms. The van der Waals surface area contributed by atoms with Crippen molar-refractivity contribution >= 4 is 27.7 Å². The summed E-state index contributed by atoms with van der Waals surface area (Å²) in [6.45, 7) is 7.72. The first kappa shape index (κ1) is 24.5. The topological polar surface area (TPSA) is 88.6 Å². The van der Waals surface area contributed by atoms with E-state index in [9.17, 15) is 13.2 Å². The number of thioether (sulfide) groups is 1. The van der Waals surface area contributed by atoms with E-state index in [2.05, 4.69) is 9.71 Å². The molecular weight excluding hydrogens is 446 g/mol. The summed E-state index contributed by atoms with van der Waals surface area (Å²) < 4.78 is 34.1. The number of nitrogens with one attached hydrogen (secondary N) is 1. The van der Waals surface area contributed by atoms with Gasteiger partial charge in [0.05, 0.1) is 17.1 Å². The largest absolute Gasteiger partial charge is 0.493 e. The van der Waals surface area contributed by atoms with Crippen molar-refractivity contribution in [3.05, 3.63) is 47.2 Å². The van der Waals surface area contributed by atoms with Crippen molar-refractivity contribution in [2.24, 2.45) is 5.92 Å². The molecular formula is C23H31N3O4S2. The number of likely N-dealkylation sites (tertiary alicyclic amines) is 1. The predicted molar refractivity (Wildman–Crippen MR) is 127 cm³/mol. The Labute approximate surface area is 195 Å². The number of sulfonamides is 1. The fraction of sp³-hybridized carbons (Fsp3) is 0.478. The maximum atomic E-state index is 12.9. The predicted octanol–water partition coefficient (Wildman–Crippen LogP) is 3.65. The molecule has 0 spiro atoms. The highest BCUT2D eigenvalue weighted by Gasteiger charge is 2.26. The molecule has 1 amide bonds. The van der Waals surface area contributed by atoms with Crippen LogP contribution in [0, 0.1) is 19.8 Å². The molecule has 1 saturated heterocycles. The minimum Gasteiger partial charge on any atom is -0.493 e. The molecule has 1 aliphatic heterocycles. The highest BCUT2D eigenvalue weighted by atomic mass is 32.2. The number of hydrogen-bond donors (Lipinski definition) is 1. The summed E-state index contributed by atoms with van der Waals surface area (Å²) in [5.41, 5.74) is 2.23. The van der Waals surface area contributed by atoms with Gasteiger partial charge in [-0.1, -0.05) is 0 Å². The molecule has 1 aromatic heterocycles. The second-order valence-corrected chi connectivity index (χ2v) is 10.5. The summed E-state index contributed by atoms with van der Waals surface area (Å²) >= 11 is 1.46. The van der Waals surface area contributed by atoms with Gasteiger partial charge >= 0.3 is 0 Å². The standard InChI is InChI=1S/C23H31N3O4S2/c1-5-30-21-16(2)13-19(14-17(21)3)32(28,29)25-15-18-8-11-26(12-9-18)23(27)20-7-6-10-24-22(20)31-4/h6-7,10,13-14,18,25H,5,8-9,11-12,15H2,1-4H3. The number of hydrogen-bond acceptors (Lipinski definition) is 6. The molecule has 0 unspecified atom stereocenters. The third kappa shape index (κ3) is 5.63. The van der Waals surface area contributed by atoms with Crippen LogP contribution in [0.3, 0.4) is 0 Å². The molecule has 174 valence electrons. The van der Waals surface area contributed by atoms with E-state index in [1.54, 1.807) is 24.4 Å². The summed E-state index contributed by atoms with van der Waals surface area (Å²) in [6.07, 6.45) is 5.11. The Balaban J connectivity index is 1.58. The maximum Gasteiger partial charge on any atom is 0.256 e. The lowest BCUT2D eigenvalue weighted by Gasteiger charge is -2.32. The lowest BCUT2D eigenvalue weighted by Crippen LogP contribution is -2.41. The number of amides is 1. The van der Waals surface area contributed by atoms with Crippen LogP contribution in [0.1, 0.15) is 41.3 Å². The average Bonchev–Trinajstić information content (AvgIpc) is 2.79. The molecule has 9 heteroatoms. The number of nitrogens with zero attached hydrogens (tertiary/aromatic N) is 2. The molecule has 2 heterocycles. The van der Waals surface area contributed by atoms with Gasteiger partial charge in [-0.3, -0.25) is 4.79 Å². The SMILES string of the molecule is CCOc1c(C)cc(S(=O)(=O)NCC2CCN(C(=O)c3cccnc3SC)CC2)cc1C. The third-order valence-electron chi connectivity index (χ3n) is 5.69. The molecule has 1 aromatic carbocycles. The number of rotatable bonds is 8. The van der Waals surface area contributed by atoms with Crippen LogP contribution in [0.5, 0.6) is 5.75 Å². The molecule has 0 atom stereocenters. The summed E-state index contributed by atoms with van der Waals surface area (Å²) in [5.74, 6) is 0.913. The fourth-order valence-electron chi connectivity index (χ4n) is 3.98. The summed E-state index contributed by atoms with van der Waals surface area (Å²) in [4.78, 5) is 19.2. The summed E-state index contributed by atoms with van der Waals surface area (Å²) in [6, 6.07) is 6.89. The molecule has 0 saturated carbocycles. The molecule has 1 N–H and O–H groups in total. The van der Waals surface area contributed by atoms with Crippen molar-refractivity contribution in [3.8, 4) is 5.75 Å². The van der Waals surface area contributed by atoms with E-state index >= 15 is 0 Å². The van der Waals surface area contributed by atoms with E-state index in [1.807, 2.05) is 38.0 Å². The van der Waals surface area contributed by atoms with Crippen molar-refractivity contribution < 1.29 is 17.9 Å². The van der Waals surface area contributed by atoms with E-state index in [4.69, 9.17) is 4.74 Å². The van der Waals surface area contributed by atoms with E-state index in [0.717, 1.165) is 34.7 Å². The zero-order valence-corrected chi connectivity index (χ0v) is 20.7. The number of aromatic nitrogens is 1. The Morgan fingerprint density at radius 2 is 1.91 bits per heavy atom. The number of pyridine rings is 1. The van der Waals surface area contributed by atoms with Crippen molar-refractivity contribution in [1.29, 1.82) is 0 Å². The van der Waals surface area contributed by atoms with Crippen LogP contribution in [0.2, 0.25) is 0 Å². The summed E-state index contributed by atoms with van der Waals surface area (Å²) in [7, 11) is -3.62. The normalized spacial score (nSPS) is 15.1. The van der Waals surface area contributed by atoms with Crippen LogP contribution in [0.15, 0.2) is 40.4 Å². The molecule has 7 nitrogen and oxygen atoms in total. The Bertz CT molecular complexity index is 1040. The van der Waals surface area contributed by atoms with Gasteiger partial charge in [-0.15, -0.1) is 11.8 Å². The van der Waals surface area contributed by atoms with Gasteiger partial charge in [0.2, 0.25) is 10.0 Å². The number of carbonyl (C=O) groups excluding carboxylic acids is 1. The first-order valence-corrected chi connectivity index (χ1v) is 13.5. The number of carbonyl (C=O) groups is 1. The number of ether oxygens (including phenoxy) is 1. The van der Waals surface area contributed by atoms with Crippen molar-refractivity contribution in [3.63, 3.8) is 0 Å². The third-order valence-corrected chi connectivity index (χ3v) is 7.81. The Morgan fingerprint density at radius 1 is 1.25 bits per heavy atom. The van der Waals surface area contributed by atoms with Crippen molar-refractivity contribution in [2.45, 2.75) is 43.5 Å². The first-order valence-electron chi connectivity index (χ1n) is 10.8. The van der Waals surface area contributed by atoms with Gasteiger partial charge in [-0.2, -0.15) is 0 Å². The molecule has 3 rings (SSSR count). The van der Waals surface area contributed by atoms with E-state index in [-0.39, 0.29) is 16.7 Å². The zero-order valence-electron chi connectivity index (χ0n) is 19.1. The van der Waals surface area contributed by atoms with Gasteiger partial charge in [0, 0.05) is 25.8 Å². The Morgan fingerprint density at radius 3 is 2.50 bits per heavy atom. The average molecular weight is 478 g/mol. The summed E-state index contributed by atoms with van der Waals surface area (Å²) in [5, 5.41) is 0.730. The van der Waals surface area contributed by atoms with Crippen LogP contribution in [-0.2, 0) is 10.0 Å². The monoisotopic (exact) mass is 477 g/mol. The number of piperidine rings is 1. The van der Waals surface area contributed by atoms with E-state index < -0.39 is 10.0 Å². The van der Waals surface area contributed by atoms with E-state index in [1.165, 1.54) is 11.8 Å². The van der Waals surface area contributed by atoms with Crippen LogP contribution < -0.4 is 9.46 Å². The van der Waals surface area contributed by atoms with Gasteiger partial charge < -0.3 is 9.64 Å². The van der Waals surface area contributed by atoms with Gasteiger partial charge in [-0.25, -0.2) is 18.1 Å². The van der Waals surface area contributed by atoms with Crippen LogP contribution >= 0.6 is 11.8 Å². The lowest BCUT2D eigenvalue weighted by molar-refractivity contribution is 0.0687. The van der Waals surface area contributed by atoms with Crippen LogP contribution in [0.25, 0.3) is 0 Å². The van der Waals surface area contributed by atoms with Gasteiger partial charge in [0.1, 0.15) is 10.8 Å². The smallest absolute Gasteiger partial charge is 0.256 e. The van der Waals surface area contributed by atoms with Gasteiger partial charge in [0.25, 0.3) is 5.91 Å². The quantitative estimate of drug-likeness (QED) is 0.584. The highest BCUT2D eigenvalue weighted by molar-refractivity contribution is 7.98. The van der Waals surface area contributed by atoms with Crippen molar-refractivity contribution in [1.82, 2.24) is 14.6 Å². The van der Waals surface area contributed by atoms with Crippen molar-refractivity contribution in [2.75, 3.05) is 32.5 Å². The number of aryl methyl sites for hydroxylation is 2. The lowest BCUT2D eigenvalue weighted by atomic mass is 9.97. The highest BCUT2D eigenvalue weighted by Crippen LogP contribution is 2.27. The Kier molecular flexibility index (Phi) is 8.19. The second kappa shape index (κ2) is 10.7. The number of benzene rings is 1. The minimum absolute atomic E-state index is 0.0122. The fourth-order valence-corrected chi connectivity index (χ4v) is 5.80. The second-order valence-electron chi connectivity index (χ2n) is 7.97. The van der Waals surface area contributed by atoms with Gasteiger partial charge in [-0.05, 0) is 81.2 Å². The van der Waals surface area contributed by atoms with Crippen LogP contribution in [-0.4, -0.2) is 56.7 Å². The molecule has 2 aromatic rings. The molecule has 1 fully saturated rings. The first-order chi connectivity index (χ1) is 15.3. The molecule has 32 heavy (non-hydrogen) atoms. The minimum atomic E-state index is -3.62. The molecule has 0 radical (unpaired) electrons. The van der Waals surface area contributed by atoms with Crippen LogP contribution in [0.4, 0.5) is 0 Å². The maximum absolute atomic E-state index is 12.9. The molecule has 1 aliphatic rings.